The van der Waals surface area contributed by atoms with Gasteiger partial charge in [-0.15, -0.1) is 0 Å². The summed E-state index contributed by atoms with van der Waals surface area (Å²) in [5.74, 6) is 0.987. The summed E-state index contributed by atoms with van der Waals surface area (Å²) in [6.07, 6.45) is 2.82. The van der Waals surface area contributed by atoms with E-state index in [1.807, 2.05) is 30.5 Å². The lowest BCUT2D eigenvalue weighted by Gasteiger charge is -2.05. The van der Waals surface area contributed by atoms with Gasteiger partial charge in [-0.1, -0.05) is 18.2 Å². The molecule has 0 bridgehead atoms. The fourth-order valence-corrected chi connectivity index (χ4v) is 1.80. The van der Waals surface area contributed by atoms with Crippen LogP contribution < -0.4 is 4.74 Å². The van der Waals surface area contributed by atoms with E-state index in [0.29, 0.717) is 0 Å². The van der Waals surface area contributed by atoms with Crippen LogP contribution in [0.2, 0.25) is 0 Å². The highest BCUT2D eigenvalue weighted by molar-refractivity contribution is 5.38. The number of fused-ring (bicyclic) bond motifs is 1. The van der Waals surface area contributed by atoms with Crippen LogP contribution in [0.1, 0.15) is 17.4 Å². The Morgan fingerprint density at radius 3 is 3.00 bits per heavy atom. The molecular weight excluding hydrogens is 176 g/mol. The first-order valence-electron chi connectivity index (χ1n) is 4.68. The lowest BCUT2D eigenvalue weighted by molar-refractivity contribution is 0.233. The molecule has 1 aliphatic rings. The Balaban J connectivity index is 1.92. The van der Waals surface area contributed by atoms with Crippen LogP contribution in [0.4, 0.5) is 0 Å². The molecule has 70 valence electrons. The van der Waals surface area contributed by atoms with Crippen molar-refractivity contribution in [2.75, 3.05) is 0 Å². The minimum atomic E-state index is 0.0821. The smallest absolute Gasteiger partial charge is 0.146 e. The minimum absolute atomic E-state index is 0.0821. The molecule has 1 aromatic carbocycles. The van der Waals surface area contributed by atoms with E-state index >= 15 is 0 Å². The zero-order chi connectivity index (χ0) is 9.38. The van der Waals surface area contributed by atoms with Crippen molar-refractivity contribution in [3.63, 3.8) is 0 Å². The summed E-state index contributed by atoms with van der Waals surface area (Å²) >= 11 is 0. The molecule has 2 heterocycles. The van der Waals surface area contributed by atoms with Gasteiger partial charge in [0.25, 0.3) is 0 Å². The first-order valence-corrected chi connectivity index (χ1v) is 4.68. The maximum absolute atomic E-state index is 5.77. The zero-order valence-corrected chi connectivity index (χ0v) is 7.60. The minimum Gasteiger partial charge on any atom is -0.483 e. The van der Waals surface area contributed by atoms with Crippen LogP contribution >= 0.6 is 0 Å². The Hall–Kier alpha value is -1.77. The average molecular weight is 186 g/mol. The highest BCUT2D eigenvalue weighted by Gasteiger charge is 2.24. The summed E-state index contributed by atoms with van der Waals surface area (Å²) in [6, 6.07) is 10.1. The van der Waals surface area contributed by atoms with Crippen molar-refractivity contribution in [3.05, 3.63) is 47.8 Å². The molecule has 0 saturated heterocycles. The first-order chi connectivity index (χ1) is 6.93. The largest absolute Gasteiger partial charge is 0.483 e. The van der Waals surface area contributed by atoms with Crippen molar-refractivity contribution in [3.8, 4) is 5.75 Å². The van der Waals surface area contributed by atoms with Crippen molar-refractivity contribution in [2.24, 2.45) is 0 Å². The second-order valence-corrected chi connectivity index (χ2v) is 3.42. The van der Waals surface area contributed by atoms with Gasteiger partial charge in [-0.25, -0.2) is 0 Å². The molecule has 1 N–H and O–H groups in total. The highest BCUT2D eigenvalue weighted by Crippen LogP contribution is 2.35. The number of benzene rings is 1. The predicted molar refractivity (Wildman–Crippen MR) is 52.1 cm³/mol. The second kappa shape index (κ2) is 2.87. The number of para-hydroxylation sites is 1. The third-order valence-electron chi connectivity index (χ3n) is 2.50. The maximum Gasteiger partial charge on any atom is 0.146 e. The Morgan fingerprint density at radius 2 is 2.21 bits per heavy atom. The van der Waals surface area contributed by atoms with Gasteiger partial charge < -0.3 is 4.74 Å². The molecule has 0 spiro atoms. The van der Waals surface area contributed by atoms with Gasteiger partial charge in [-0.2, -0.15) is 5.10 Å². The molecule has 3 heteroatoms. The molecule has 2 aromatic rings. The van der Waals surface area contributed by atoms with Crippen LogP contribution in [-0.2, 0) is 6.42 Å². The Labute approximate surface area is 81.7 Å². The number of hydrogen-bond acceptors (Lipinski definition) is 2. The van der Waals surface area contributed by atoms with E-state index in [1.165, 1.54) is 5.56 Å². The molecule has 0 saturated carbocycles. The molecule has 3 nitrogen and oxygen atoms in total. The molecule has 3 rings (SSSR count). The van der Waals surface area contributed by atoms with E-state index < -0.39 is 0 Å². The lowest BCUT2D eigenvalue weighted by atomic mass is 10.1. The molecule has 1 atom stereocenters. The topological polar surface area (TPSA) is 37.9 Å². The molecule has 1 unspecified atom stereocenters. The standard InChI is InChI=1S/C11H10N2O/c1-2-4-10-8(3-1)7-11(14-10)9-5-6-12-13-9/h1-6,11H,7H2,(H,12,13). The van der Waals surface area contributed by atoms with Gasteiger partial charge in [0.15, 0.2) is 0 Å². The van der Waals surface area contributed by atoms with Crippen LogP contribution in [0.5, 0.6) is 5.75 Å². The predicted octanol–water partition coefficient (Wildman–Crippen LogP) is 2.09. The van der Waals surface area contributed by atoms with Crippen LogP contribution in [0.15, 0.2) is 36.5 Å². The van der Waals surface area contributed by atoms with Crippen LogP contribution in [0.25, 0.3) is 0 Å². The van der Waals surface area contributed by atoms with Crippen molar-refractivity contribution in [1.29, 1.82) is 0 Å². The fraction of sp³-hybridized carbons (Fsp3) is 0.182. The van der Waals surface area contributed by atoms with Gasteiger partial charge in [0.2, 0.25) is 0 Å². The number of aromatic nitrogens is 2. The second-order valence-electron chi connectivity index (χ2n) is 3.42. The first kappa shape index (κ1) is 7.62. The number of aromatic amines is 1. The van der Waals surface area contributed by atoms with Crippen molar-refractivity contribution >= 4 is 0 Å². The third-order valence-corrected chi connectivity index (χ3v) is 2.50. The van der Waals surface area contributed by atoms with Gasteiger partial charge in [0.1, 0.15) is 17.5 Å². The summed E-state index contributed by atoms with van der Waals surface area (Å²) in [4.78, 5) is 0. The lowest BCUT2D eigenvalue weighted by Crippen LogP contribution is -2.03. The van der Waals surface area contributed by atoms with Crippen molar-refractivity contribution in [1.82, 2.24) is 10.2 Å². The van der Waals surface area contributed by atoms with E-state index in [4.69, 9.17) is 4.74 Å². The molecule has 0 radical (unpaired) electrons. The summed E-state index contributed by atoms with van der Waals surface area (Å²) in [7, 11) is 0. The van der Waals surface area contributed by atoms with E-state index in [-0.39, 0.29) is 6.10 Å². The molecule has 1 aromatic heterocycles. The van der Waals surface area contributed by atoms with E-state index in [9.17, 15) is 0 Å². The van der Waals surface area contributed by atoms with Crippen molar-refractivity contribution < 1.29 is 4.74 Å². The SMILES string of the molecule is c1ccc2c(c1)CC(c1cc[nH]n1)O2. The maximum atomic E-state index is 5.77. The van der Waals surface area contributed by atoms with Gasteiger partial charge in [0, 0.05) is 12.6 Å². The van der Waals surface area contributed by atoms with Gasteiger partial charge >= 0.3 is 0 Å². The van der Waals surface area contributed by atoms with Gasteiger partial charge in [-0.05, 0) is 17.7 Å². The van der Waals surface area contributed by atoms with Crippen LogP contribution in [-0.4, -0.2) is 10.2 Å². The summed E-state index contributed by atoms with van der Waals surface area (Å²) in [5.41, 5.74) is 2.24. The van der Waals surface area contributed by atoms with Gasteiger partial charge in [-0.3, -0.25) is 5.10 Å². The Kier molecular flexibility index (Phi) is 1.56. The van der Waals surface area contributed by atoms with Gasteiger partial charge in [0.05, 0.1) is 0 Å². The summed E-state index contributed by atoms with van der Waals surface area (Å²) in [6.45, 7) is 0. The zero-order valence-electron chi connectivity index (χ0n) is 7.60. The molecular formula is C11H10N2O. The third kappa shape index (κ3) is 1.09. The van der Waals surface area contributed by atoms with E-state index in [0.717, 1.165) is 17.9 Å². The number of H-pyrrole nitrogens is 1. The number of ether oxygens (including phenoxy) is 1. The normalized spacial score (nSPS) is 19.0. The number of hydrogen-bond donors (Lipinski definition) is 1. The molecule has 14 heavy (non-hydrogen) atoms. The van der Waals surface area contributed by atoms with E-state index in [1.54, 1.807) is 0 Å². The molecule has 0 fully saturated rings. The Bertz CT molecular complexity index is 411. The molecule has 1 aliphatic heterocycles. The van der Waals surface area contributed by atoms with Crippen LogP contribution in [0.3, 0.4) is 0 Å². The number of nitrogens with zero attached hydrogens (tertiary/aromatic N) is 1. The molecule has 0 aliphatic carbocycles. The summed E-state index contributed by atoms with van der Waals surface area (Å²) in [5, 5.41) is 6.93. The van der Waals surface area contributed by atoms with Crippen LogP contribution in [0, 0.1) is 0 Å². The summed E-state index contributed by atoms with van der Waals surface area (Å²) < 4.78 is 5.77. The number of rotatable bonds is 1. The highest BCUT2D eigenvalue weighted by atomic mass is 16.5. The number of nitrogens with one attached hydrogen (secondary N) is 1. The molecule has 0 amide bonds. The fourth-order valence-electron chi connectivity index (χ4n) is 1.80. The van der Waals surface area contributed by atoms with Crippen molar-refractivity contribution in [2.45, 2.75) is 12.5 Å². The quantitative estimate of drug-likeness (QED) is 0.740. The average Bonchev–Trinajstić information content (AvgIpc) is 2.86. The Morgan fingerprint density at radius 1 is 1.29 bits per heavy atom. The van der Waals surface area contributed by atoms with E-state index in [2.05, 4.69) is 16.3 Å². The monoisotopic (exact) mass is 186 g/mol.